The standard InChI is InChI=1S/C18H26N2O3/c1-18(2)16(22-10-11-23-18)13-20-9-8-19-17(21)12-15(20)14-6-4-3-5-7-14/h3-7,15-16H,8-13H2,1-2H3,(H,19,21). The van der Waals surface area contributed by atoms with Crippen LogP contribution in [0.3, 0.4) is 0 Å². The number of rotatable bonds is 3. The minimum Gasteiger partial charge on any atom is -0.372 e. The van der Waals surface area contributed by atoms with E-state index in [4.69, 9.17) is 9.47 Å². The maximum atomic E-state index is 12.0. The third-order valence-electron chi connectivity index (χ3n) is 4.78. The Balaban J connectivity index is 1.80. The summed E-state index contributed by atoms with van der Waals surface area (Å²) in [4.78, 5) is 14.4. The van der Waals surface area contributed by atoms with Crippen LogP contribution in [-0.4, -0.2) is 55.4 Å². The Kier molecular flexibility index (Phi) is 4.99. The lowest BCUT2D eigenvalue weighted by molar-refractivity contribution is -0.193. The number of nitrogens with zero attached hydrogens (tertiary/aromatic N) is 1. The quantitative estimate of drug-likeness (QED) is 0.922. The van der Waals surface area contributed by atoms with E-state index in [0.29, 0.717) is 26.2 Å². The first-order valence-corrected chi connectivity index (χ1v) is 8.37. The number of amides is 1. The van der Waals surface area contributed by atoms with E-state index in [1.807, 2.05) is 18.2 Å². The van der Waals surface area contributed by atoms with Crippen molar-refractivity contribution in [2.45, 2.75) is 38.0 Å². The second kappa shape index (κ2) is 6.99. The lowest BCUT2D eigenvalue weighted by Crippen LogP contribution is -2.52. The van der Waals surface area contributed by atoms with Gasteiger partial charge in [-0.3, -0.25) is 9.69 Å². The van der Waals surface area contributed by atoms with E-state index in [9.17, 15) is 4.79 Å². The Bertz CT molecular complexity index is 532. The van der Waals surface area contributed by atoms with Gasteiger partial charge in [-0.25, -0.2) is 0 Å². The van der Waals surface area contributed by atoms with Crippen LogP contribution in [0.25, 0.3) is 0 Å². The van der Waals surface area contributed by atoms with E-state index in [1.165, 1.54) is 5.56 Å². The van der Waals surface area contributed by atoms with Crippen LogP contribution in [0.1, 0.15) is 31.9 Å². The molecule has 0 aromatic heterocycles. The van der Waals surface area contributed by atoms with E-state index in [-0.39, 0.29) is 23.7 Å². The number of hydrogen-bond donors (Lipinski definition) is 1. The van der Waals surface area contributed by atoms with Crippen LogP contribution in [-0.2, 0) is 14.3 Å². The number of hydrogen-bond acceptors (Lipinski definition) is 4. The van der Waals surface area contributed by atoms with Gasteiger partial charge in [-0.2, -0.15) is 0 Å². The maximum absolute atomic E-state index is 12.0. The lowest BCUT2D eigenvalue weighted by Gasteiger charge is -2.42. The van der Waals surface area contributed by atoms with E-state index in [2.05, 4.69) is 36.2 Å². The van der Waals surface area contributed by atoms with Crippen molar-refractivity contribution in [3.05, 3.63) is 35.9 Å². The van der Waals surface area contributed by atoms with E-state index >= 15 is 0 Å². The molecule has 1 aromatic rings. The molecule has 126 valence electrons. The minimum atomic E-state index is -0.302. The largest absolute Gasteiger partial charge is 0.372 e. The molecule has 2 aliphatic rings. The van der Waals surface area contributed by atoms with Crippen LogP contribution >= 0.6 is 0 Å². The Morgan fingerprint density at radius 2 is 2.04 bits per heavy atom. The molecule has 0 saturated carbocycles. The van der Waals surface area contributed by atoms with Crippen molar-refractivity contribution in [2.24, 2.45) is 0 Å². The van der Waals surface area contributed by atoms with E-state index in [1.54, 1.807) is 0 Å². The van der Waals surface area contributed by atoms with Gasteiger partial charge in [0.1, 0.15) is 0 Å². The molecule has 2 heterocycles. The molecule has 5 nitrogen and oxygen atoms in total. The lowest BCUT2D eigenvalue weighted by atomic mass is 9.97. The van der Waals surface area contributed by atoms with Gasteiger partial charge in [0, 0.05) is 32.1 Å². The van der Waals surface area contributed by atoms with Gasteiger partial charge in [-0.15, -0.1) is 0 Å². The van der Waals surface area contributed by atoms with Gasteiger partial charge < -0.3 is 14.8 Å². The van der Waals surface area contributed by atoms with Gasteiger partial charge in [0.05, 0.1) is 24.9 Å². The van der Waals surface area contributed by atoms with Crippen molar-refractivity contribution < 1.29 is 14.3 Å². The molecule has 2 atom stereocenters. The zero-order valence-corrected chi connectivity index (χ0v) is 14.0. The van der Waals surface area contributed by atoms with E-state index < -0.39 is 0 Å². The fraction of sp³-hybridized carbons (Fsp3) is 0.611. The molecule has 2 fully saturated rings. The normalized spacial score (nSPS) is 28.9. The molecule has 3 rings (SSSR count). The number of ether oxygens (including phenoxy) is 2. The maximum Gasteiger partial charge on any atom is 0.221 e. The van der Waals surface area contributed by atoms with Gasteiger partial charge in [0.2, 0.25) is 5.91 Å². The molecule has 0 aliphatic carbocycles. The van der Waals surface area contributed by atoms with Gasteiger partial charge >= 0.3 is 0 Å². The number of nitrogens with one attached hydrogen (secondary N) is 1. The number of carbonyl (C=O) groups excluding carboxylic acids is 1. The van der Waals surface area contributed by atoms with Gasteiger partial charge in [0.25, 0.3) is 0 Å². The summed E-state index contributed by atoms with van der Waals surface area (Å²) in [5.74, 6) is 0.112. The molecule has 0 bridgehead atoms. The summed E-state index contributed by atoms with van der Waals surface area (Å²) in [5, 5.41) is 2.98. The first-order chi connectivity index (χ1) is 11.1. The van der Waals surface area contributed by atoms with Crippen molar-refractivity contribution >= 4 is 5.91 Å². The smallest absolute Gasteiger partial charge is 0.221 e. The highest BCUT2D eigenvalue weighted by Crippen LogP contribution is 2.29. The van der Waals surface area contributed by atoms with Crippen molar-refractivity contribution in [1.29, 1.82) is 0 Å². The molecular weight excluding hydrogens is 292 g/mol. The molecule has 2 saturated heterocycles. The van der Waals surface area contributed by atoms with E-state index in [0.717, 1.165) is 13.1 Å². The zero-order chi connectivity index (χ0) is 16.3. The van der Waals surface area contributed by atoms with Crippen molar-refractivity contribution in [2.75, 3.05) is 32.8 Å². The highest BCUT2D eigenvalue weighted by Gasteiger charge is 2.38. The third kappa shape index (κ3) is 3.91. The number of carbonyl (C=O) groups is 1. The van der Waals surface area contributed by atoms with Gasteiger partial charge in [0.15, 0.2) is 0 Å². The predicted molar refractivity (Wildman–Crippen MR) is 88.2 cm³/mol. The van der Waals surface area contributed by atoms with Crippen LogP contribution in [0.4, 0.5) is 0 Å². The van der Waals surface area contributed by atoms with Crippen LogP contribution in [0, 0.1) is 0 Å². The molecule has 0 radical (unpaired) electrons. The Hall–Kier alpha value is -1.43. The summed E-state index contributed by atoms with van der Waals surface area (Å²) < 4.78 is 11.9. The molecule has 23 heavy (non-hydrogen) atoms. The van der Waals surface area contributed by atoms with Crippen molar-refractivity contribution in [3.63, 3.8) is 0 Å². The second-order valence-electron chi connectivity index (χ2n) is 6.79. The zero-order valence-electron chi connectivity index (χ0n) is 14.0. The van der Waals surface area contributed by atoms with Crippen molar-refractivity contribution in [1.82, 2.24) is 10.2 Å². The molecular formula is C18H26N2O3. The molecule has 0 spiro atoms. The molecule has 2 unspecified atom stereocenters. The average molecular weight is 318 g/mol. The van der Waals surface area contributed by atoms with Gasteiger partial charge in [-0.1, -0.05) is 30.3 Å². The highest BCUT2D eigenvalue weighted by molar-refractivity contribution is 5.77. The van der Waals surface area contributed by atoms with Crippen LogP contribution in [0.15, 0.2) is 30.3 Å². The molecule has 1 amide bonds. The Morgan fingerprint density at radius 1 is 1.26 bits per heavy atom. The summed E-state index contributed by atoms with van der Waals surface area (Å²) in [5.41, 5.74) is 0.877. The van der Waals surface area contributed by atoms with Crippen LogP contribution in [0.5, 0.6) is 0 Å². The molecule has 5 heteroatoms. The van der Waals surface area contributed by atoms with Crippen LogP contribution < -0.4 is 5.32 Å². The molecule has 1 N–H and O–H groups in total. The Labute approximate surface area is 137 Å². The monoisotopic (exact) mass is 318 g/mol. The highest BCUT2D eigenvalue weighted by atomic mass is 16.6. The Morgan fingerprint density at radius 3 is 2.78 bits per heavy atom. The average Bonchev–Trinajstić information content (AvgIpc) is 2.72. The topological polar surface area (TPSA) is 50.8 Å². The fourth-order valence-corrected chi connectivity index (χ4v) is 3.37. The van der Waals surface area contributed by atoms with Crippen LogP contribution in [0.2, 0.25) is 0 Å². The fourth-order valence-electron chi connectivity index (χ4n) is 3.37. The molecule has 1 aromatic carbocycles. The van der Waals surface area contributed by atoms with Crippen molar-refractivity contribution in [3.8, 4) is 0 Å². The first kappa shape index (κ1) is 16.4. The summed E-state index contributed by atoms with van der Waals surface area (Å²) in [6.45, 7) is 7.70. The second-order valence-corrected chi connectivity index (χ2v) is 6.79. The summed E-state index contributed by atoms with van der Waals surface area (Å²) in [6, 6.07) is 10.3. The summed E-state index contributed by atoms with van der Waals surface area (Å²) in [7, 11) is 0. The summed E-state index contributed by atoms with van der Waals surface area (Å²) >= 11 is 0. The first-order valence-electron chi connectivity index (χ1n) is 8.37. The minimum absolute atomic E-state index is 0.00987. The third-order valence-corrected chi connectivity index (χ3v) is 4.78. The molecule has 2 aliphatic heterocycles. The SMILES string of the molecule is CC1(C)OCCOC1CN1CCNC(=O)CC1c1ccccc1. The summed E-state index contributed by atoms with van der Waals surface area (Å²) in [6.07, 6.45) is 0.494. The number of benzene rings is 1. The predicted octanol–water partition coefficient (Wildman–Crippen LogP) is 1.74. The van der Waals surface area contributed by atoms with Gasteiger partial charge in [-0.05, 0) is 19.4 Å².